The van der Waals surface area contributed by atoms with Crippen molar-refractivity contribution in [2.75, 3.05) is 20.2 Å². The van der Waals surface area contributed by atoms with Crippen molar-refractivity contribution in [3.05, 3.63) is 60.2 Å². The van der Waals surface area contributed by atoms with Gasteiger partial charge in [0.15, 0.2) is 0 Å². The molecule has 0 aliphatic carbocycles. The molecule has 0 spiro atoms. The van der Waals surface area contributed by atoms with Gasteiger partial charge in [-0.2, -0.15) is 0 Å². The van der Waals surface area contributed by atoms with Gasteiger partial charge < -0.3 is 14.4 Å². The molecule has 132 valence electrons. The molecule has 0 saturated carbocycles. The lowest BCUT2D eigenvalue weighted by Gasteiger charge is -2.20. The van der Waals surface area contributed by atoms with E-state index >= 15 is 0 Å². The Labute approximate surface area is 149 Å². The highest BCUT2D eigenvalue weighted by Crippen LogP contribution is 2.26. The zero-order chi connectivity index (χ0) is 17.5. The third kappa shape index (κ3) is 4.83. The van der Waals surface area contributed by atoms with Gasteiger partial charge >= 0.3 is 0 Å². The van der Waals surface area contributed by atoms with Gasteiger partial charge in [-0.05, 0) is 49.9 Å². The second-order valence-electron chi connectivity index (χ2n) is 6.42. The molecule has 2 aromatic carbocycles. The number of amides is 1. The van der Waals surface area contributed by atoms with E-state index in [1.165, 1.54) is 0 Å². The van der Waals surface area contributed by atoms with Gasteiger partial charge in [0.25, 0.3) is 5.91 Å². The average molecular weight is 339 g/mol. The predicted molar refractivity (Wildman–Crippen MR) is 98.1 cm³/mol. The normalized spacial score (nSPS) is 16.6. The third-order valence-corrected chi connectivity index (χ3v) is 4.48. The monoisotopic (exact) mass is 339 g/mol. The molecule has 1 fully saturated rings. The fraction of sp³-hybridized carbons (Fsp3) is 0.381. The van der Waals surface area contributed by atoms with Crippen LogP contribution in [0.1, 0.15) is 36.0 Å². The standard InChI is InChI=1S/C21H25NO3/c1-22(15-7-11-17-12-8-16-24-17)21(23)19-13-5-6-14-20(19)25-18-9-3-2-4-10-18/h2-6,9-10,13-14,17H,7-8,11-12,15-16H2,1H3/t17-/m1/s1. The molecule has 1 aliphatic rings. The van der Waals surface area contributed by atoms with Crippen LogP contribution in [-0.2, 0) is 4.74 Å². The number of benzene rings is 2. The van der Waals surface area contributed by atoms with Crippen LogP contribution < -0.4 is 4.74 Å². The quantitative estimate of drug-likeness (QED) is 0.745. The van der Waals surface area contributed by atoms with Crippen molar-refractivity contribution >= 4 is 5.91 Å². The first-order valence-electron chi connectivity index (χ1n) is 8.93. The van der Waals surface area contributed by atoms with E-state index in [0.717, 1.165) is 44.6 Å². The number of carbonyl (C=O) groups is 1. The molecule has 4 heteroatoms. The van der Waals surface area contributed by atoms with Gasteiger partial charge in [0.05, 0.1) is 11.7 Å². The van der Waals surface area contributed by atoms with Crippen molar-refractivity contribution < 1.29 is 14.3 Å². The van der Waals surface area contributed by atoms with Crippen LogP contribution in [0.4, 0.5) is 0 Å². The molecule has 0 radical (unpaired) electrons. The van der Waals surface area contributed by atoms with Crippen molar-refractivity contribution in [1.82, 2.24) is 4.90 Å². The first-order valence-corrected chi connectivity index (χ1v) is 8.93. The van der Waals surface area contributed by atoms with Crippen molar-refractivity contribution in [2.24, 2.45) is 0 Å². The van der Waals surface area contributed by atoms with Crippen LogP contribution >= 0.6 is 0 Å². The minimum atomic E-state index is -0.0149. The summed E-state index contributed by atoms with van der Waals surface area (Å²) < 4.78 is 11.5. The molecule has 0 bridgehead atoms. The Morgan fingerprint density at radius 2 is 1.92 bits per heavy atom. The largest absolute Gasteiger partial charge is 0.457 e. The Balaban J connectivity index is 1.60. The van der Waals surface area contributed by atoms with Crippen molar-refractivity contribution in [3.63, 3.8) is 0 Å². The molecule has 1 saturated heterocycles. The van der Waals surface area contributed by atoms with E-state index in [9.17, 15) is 4.79 Å². The van der Waals surface area contributed by atoms with Gasteiger partial charge in [0.2, 0.25) is 0 Å². The highest BCUT2D eigenvalue weighted by atomic mass is 16.5. The second-order valence-corrected chi connectivity index (χ2v) is 6.42. The van der Waals surface area contributed by atoms with Gasteiger partial charge in [-0.25, -0.2) is 0 Å². The molecule has 4 nitrogen and oxygen atoms in total. The maximum atomic E-state index is 12.8. The summed E-state index contributed by atoms with van der Waals surface area (Å²) >= 11 is 0. The molecule has 2 aromatic rings. The number of carbonyl (C=O) groups excluding carboxylic acids is 1. The van der Waals surface area contributed by atoms with Gasteiger partial charge in [0.1, 0.15) is 11.5 Å². The third-order valence-electron chi connectivity index (χ3n) is 4.48. The Kier molecular flexibility index (Phi) is 6.07. The lowest BCUT2D eigenvalue weighted by molar-refractivity contribution is 0.0761. The Morgan fingerprint density at radius 1 is 1.16 bits per heavy atom. The predicted octanol–water partition coefficient (Wildman–Crippen LogP) is 4.51. The zero-order valence-corrected chi connectivity index (χ0v) is 14.7. The maximum Gasteiger partial charge on any atom is 0.257 e. The highest BCUT2D eigenvalue weighted by molar-refractivity contribution is 5.96. The fourth-order valence-electron chi connectivity index (χ4n) is 3.08. The van der Waals surface area contributed by atoms with E-state index in [-0.39, 0.29) is 5.91 Å². The molecule has 0 unspecified atom stereocenters. The molecule has 1 aliphatic heterocycles. The SMILES string of the molecule is CN(CCC[C@@H]1CCCO1)C(=O)c1ccccc1Oc1ccccc1. The Morgan fingerprint density at radius 3 is 2.68 bits per heavy atom. The minimum absolute atomic E-state index is 0.0149. The highest BCUT2D eigenvalue weighted by Gasteiger charge is 2.19. The molecule has 1 atom stereocenters. The summed E-state index contributed by atoms with van der Waals surface area (Å²) in [4.78, 5) is 14.6. The summed E-state index contributed by atoms with van der Waals surface area (Å²) in [6.07, 6.45) is 4.64. The van der Waals surface area contributed by atoms with Crippen LogP contribution in [0.5, 0.6) is 11.5 Å². The summed E-state index contributed by atoms with van der Waals surface area (Å²) in [6, 6.07) is 16.9. The van der Waals surface area contributed by atoms with Crippen molar-refractivity contribution in [2.45, 2.75) is 31.8 Å². The number of rotatable bonds is 7. The average Bonchev–Trinajstić information content (AvgIpc) is 3.16. The van der Waals surface area contributed by atoms with Crippen molar-refractivity contribution in [1.29, 1.82) is 0 Å². The molecule has 0 aromatic heterocycles. The summed E-state index contributed by atoms with van der Waals surface area (Å²) in [7, 11) is 1.84. The molecule has 3 rings (SSSR count). The summed E-state index contributed by atoms with van der Waals surface area (Å²) in [5, 5.41) is 0. The number of hydrogen-bond acceptors (Lipinski definition) is 3. The maximum absolute atomic E-state index is 12.8. The number of hydrogen-bond donors (Lipinski definition) is 0. The van der Waals surface area contributed by atoms with Gasteiger partial charge in [0, 0.05) is 20.2 Å². The van der Waals surface area contributed by atoms with Crippen LogP contribution in [0.2, 0.25) is 0 Å². The summed E-state index contributed by atoms with van der Waals surface area (Å²) in [5.74, 6) is 1.30. The van der Waals surface area contributed by atoms with Crippen LogP contribution in [0.3, 0.4) is 0 Å². The molecule has 1 amide bonds. The van der Waals surface area contributed by atoms with E-state index in [2.05, 4.69) is 0 Å². The van der Waals surface area contributed by atoms with E-state index < -0.39 is 0 Å². The number of ether oxygens (including phenoxy) is 2. The van der Waals surface area contributed by atoms with Crippen LogP contribution in [0.25, 0.3) is 0 Å². The second kappa shape index (κ2) is 8.67. The molecular weight excluding hydrogens is 314 g/mol. The Bertz CT molecular complexity index is 681. The lowest BCUT2D eigenvalue weighted by Crippen LogP contribution is -2.28. The molecular formula is C21H25NO3. The van der Waals surface area contributed by atoms with E-state index in [0.29, 0.717) is 17.4 Å². The van der Waals surface area contributed by atoms with Crippen LogP contribution in [-0.4, -0.2) is 37.1 Å². The van der Waals surface area contributed by atoms with E-state index in [1.807, 2.05) is 61.6 Å². The first-order chi connectivity index (χ1) is 12.2. The van der Waals surface area contributed by atoms with Crippen molar-refractivity contribution in [3.8, 4) is 11.5 Å². The van der Waals surface area contributed by atoms with Gasteiger partial charge in [-0.3, -0.25) is 4.79 Å². The molecule has 25 heavy (non-hydrogen) atoms. The Hall–Kier alpha value is -2.33. The minimum Gasteiger partial charge on any atom is -0.457 e. The fourth-order valence-corrected chi connectivity index (χ4v) is 3.08. The molecule has 1 heterocycles. The van der Waals surface area contributed by atoms with Gasteiger partial charge in [-0.1, -0.05) is 30.3 Å². The van der Waals surface area contributed by atoms with E-state index in [1.54, 1.807) is 4.90 Å². The topological polar surface area (TPSA) is 38.8 Å². The zero-order valence-electron chi connectivity index (χ0n) is 14.7. The van der Waals surface area contributed by atoms with Crippen LogP contribution in [0.15, 0.2) is 54.6 Å². The van der Waals surface area contributed by atoms with Crippen LogP contribution in [0, 0.1) is 0 Å². The molecule has 0 N–H and O–H groups in total. The summed E-state index contributed by atoms with van der Waals surface area (Å²) in [6.45, 7) is 1.60. The van der Waals surface area contributed by atoms with Gasteiger partial charge in [-0.15, -0.1) is 0 Å². The smallest absolute Gasteiger partial charge is 0.257 e. The number of nitrogens with zero attached hydrogens (tertiary/aromatic N) is 1. The van der Waals surface area contributed by atoms with E-state index in [4.69, 9.17) is 9.47 Å². The first kappa shape index (κ1) is 17.5. The lowest BCUT2D eigenvalue weighted by atomic mass is 10.1. The summed E-state index contributed by atoms with van der Waals surface area (Å²) in [5.41, 5.74) is 0.589. The number of para-hydroxylation sites is 2.